The fourth-order valence-corrected chi connectivity index (χ4v) is 5.74. The maximum Gasteiger partial charge on any atom is 0.328 e. The van der Waals surface area contributed by atoms with Gasteiger partial charge in [-0.3, -0.25) is 4.79 Å². The molecule has 2 aliphatic rings. The van der Waals surface area contributed by atoms with Crippen molar-refractivity contribution < 1.29 is 23.9 Å². The van der Waals surface area contributed by atoms with Crippen LogP contribution in [0.2, 0.25) is 0 Å². The highest BCUT2D eigenvalue weighted by Gasteiger charge is 2.35. The second kappa shape index (κ2) is 12.8. The average molecular weight is 522 g/mol. The first-order valence-corrected chi connectivity index (χ1v) is 13.6. The Hall–Kier alpha value is -3.55. The smallest absolute Gasteiger partial charge is 0.328 e. The number of nitrogens with zero attached hydrogens (tertiary/aromatic N) is 1. The van der Waals surface area contributed by atoms with E-state index in [4.69, 9.17) is 9.47 Å². The number of rotatable bonds is 8. The van der Waals surface area contributed by atoms with Gasteiger partial charge in [0.25, 0.3) is 0 Å². The van der Waals surface area contributed by atoms with Gasteiger partial charge < -0.3 is 25.0 Å². The molecule has 2 N–H and O–H groups in total. The van der Waals surface area contributed by atoms with Crippen LogP contribution < -0.4 is 15.4 Å². The Kier molecular flexibility index (Phi) is 9.26. The summed E-state index contributed by atoms with van der Waals surface area (Å²) in [6, 6.07) is 13.0. The number of amides is 3. The number of urea groups is 1. The number of carbonyl (C=O) groups excluding carboxylic acids is 3. The molecule has 8 nitrogen and oxygen atoms in total. The number of anilines is 2. The summed E-state index contributed by atoms with van der Waals surface area (Å²) in [5, 5.41) is 5.75. The number of likely N-dealkylation sites (tertiary alicyclic amines) is 1. The number of esters is 1. The van der Waals surface area contributed by atoms with Crippen molar-refractivity contribution in [2.24, 2.45) is 5.92 Å². The van der Waals surface area contributed by atoms with E-state index in [1.165, 1.54) is 12.7 Å². The summed E-state index contributed by atoms with van der Waals surface area (Å²) in [5.74, 6) is 1.42. The molecule has 1 heterocycles. The first-order chi connectivity index (χ1) is 18.4. The molecule has 2 fully saturated rings. The Balaban J connectivity index is 1.22. The van der Waals surface area contributed by atoms with Gasteiger partial charge in [0.1, 0.15) is 11.8 Å². The summed E-state index contributed by atoms with van der Waals surface area (Å²) >= 11 is 0. The SMILES string of the molecule is COC(=O)C1CCCN1C(=O)CCC1CCC(c2ccc(NC(=O)Nc3cc(C)ccc3OC)cc2)CC1. The summed E-state index contributed by atoms with van der Waals surface area (Å²) in [4.78, 5) is 38.9. The van der Waals surface area contributed by atoms with Gasteiger partial charge in [0.2, 0.25) is 5.91 Å². The van der Waals surface area contributed by atoms with E-state index in [0.717, 1.165) is 49.8 Å². The Bertz CT molecular complexity index is 1130. The standard InChI is InChI=1S/C30H39N3O5/c1-20-6-16-27(37-2)25(19-20)32-30(36)31-24-14-12-23(13-15-24)22-10-7-21(8-11-22)9-17-28(34)33-18-4-5-26(33)29(35)38-3/h6,12-16,19,21-22,26H,4-5,7-11,17-18H2,1-3H3,(H2,31,32,36). The Labute approximate surface area is 225 Å². The number of hydrogen-bond donors (Lipinski definition) is 2. The molecule has 38 heavy (non-hydrogen) atoms. The summed E-state index contributed by atoms with van der Waals surface area (Å²) < 4.78 is 10.2. The maximum absolute atomic E-state index is 12.7. The van der Waals surface area contributed by atoms with E-state index in [-0.39, 0.29) is 17.9 Å². The van der Waals surface area contributed by atoms with E-state index in [1.807, 2.05) is 37.3 Å². The predicted molar refractivity (Wildman–Crippen MR) is 147 cm³/mol. The molecule has 1 atom stereocenters. The molecule has 0 radical (unpaired) electrons. The topological polar surface area (TPSA) is 97.0 Å². The molecule has 8 heteroatoms. The molecule has 204 valence electrons. The van der Waals surface area contributed by atoms with Crippen LogP contribution in [0.5, 0.6) is 5.75 Å². The molecule has 0 spiro atoms. The lowest BCUT2D eigenvalue weighted by Gasteiger charge is -2.29. The van der Waals surface area contributed by atoms with Gasteiger partial charge in [0, 0.05) is 18.7 Å². The van der Waals surface area contributed by atoms with E-state index in [2.05, 4.69) is 22.8 Å². The molecule has 2 aromatic rings. The van der Waals surface area contributed by atoms with E-state index >= 15 is 0 Å². The first-order valence-electron chi connectivity index (χ1n) is 13.6. The number of hydrogen-bond acceptors (Lipinski definition) is 5. The fourth-order valence-electron chi connectivity index (χ4n) is 5.74. The minimum atomic E-state index is -0.405. The monoisotopic (exact) mass is 521 g/mol. The number of carbonyl (C=O) groups is 3. The minimum absolute atomic E-state index is 0.0768. The molecular formula is C30H39N3O5. The molecule has 0 aromatic heterocycles. The number of benzene rings is 2. The van der Waals surface area contributed by atoms with E-state index in [9.17, 15) is 14.4 Å². The summed E-state index contributed by atoms with van der Waals surface area (Å²) in [6.07, 6.45) is 7.31. The van der Waals surface area contributed by atoms with Gasteiger partial charge in [-0.25, -0.2) is 9.59 Å². The third-order valence-corrected chi connectivity index (χ3v) is 7.90. The van der Waals surface area contributed by atoms with Crippen molar-refractivity contribution in [3.8, 4) is 5.75 Å². The third-order valence-electron chi connectivity index (χ3n) is 7.90. The van der Waals surface area contributed by atoms with Crippen LogP contribution in [0.25, 0.3) is 0 Å². The zero-order valence-corrected chi connectivity index (χ0v) is 22.6. The van der Waals surface area contributed by atoms with Gasteiger partial charge >= 0.3 is 12.0 Å². The van der Waals surface area contributed by atoms with E-state index in [0.29, 0.717) is 42.7 Å². The van der Waals surface area contributed by atoms with Crippen molar-refractivity contribution in [1.29, 1.82) is 0 Å². The van der Waals surface area contributed by atoms with Crippen LogP contribution in [0.15, 0.2) is 42.5 Å². The molecule has 1 saturated heterocycles. The first kappa shape index (κ1) is 27.5. The van der Waals surface area contributed by atoms with Crippen LogP contribution in [0.1, 0.15) is 68.4 Å². The van der Waals surface area contributed by atoms with Crippen LogP contribution in [0, 0.1) is 12.8 Å². The Morgan fingerprint density at radius 2 is 1.68 bits per heavy atom. The highest BCUT2D eigenvalue weighted by atomic mass is 16.5. The summed E-state index contributed by atoms with van der Waals surface area (Å²) in [6.45, 7) is 2.61. The molecule has 1 aliphatic carbocycles. The lowest BCUT2D eigenvalue weighted by molar-refractivity contribution is -0.151. The number of ether oxygens (including phenoxy) is 2. The van der Waals surface area contributed by atoms with Crippen molar-refractivity contribution in [1.82, 2.24) is 4.90 Å². The molecule has 1 saturated carbocycles. The molecule has 2 aromatic carbocycles. The second-order valence-electron chi connectivity index (χ2n) is 10.4. The maximum atomic E-state index is 12.7. The van der Waals surface area contributed by atoms with Crippen LogP contribution in [0.4, 0.5) is 16.2 Å². The van der Waals surface area contributed by atoms with Crippen molar-refractivity contribution in [3.63, 3.8) is 0 Å². The van der Waals surface area contributed by atoms with Gasteiger partial charge in [0.15, 0.2) is 0 Å². The number of aryl methyl sites for hydroxylation is 1. The van der Waals surface area contributed by atoms with E-state index < -0.39 is 6.04 Å². The number of methoxy groups -OCH3 is 2. The quantitative estimate of drug-likeness (QED) is 0.424. The highest BCUT2D eigenvalue weighted by molar-refractivity contribution is 6.00. The molecule has 1 aliphatic heterocycles. The summed E-state index contributed by atoms with van der Waals surface area (Å²) in [5.41, 5.74) is 3.68. The highest BCUT2D eigenvalue weighted by Crippen LogP contribution is 2.38. The van der Waals surface area contributed by atoms with Crippen LogP contribution in [0.3, 0.4) is 0 Å². The second-order valence-corrected chi connectivity index (χ2v) is 10.4. The molecule has 3 amide bonds. The normalized spacial score (nSPS) is 21.0. The van der Waals surface area contributed by atoms with Crippen molar-refractivity contribution in [2.45, 2.75) is 70.3 Å². The van der Waals surface area contributed by atoms with Crippen molar-refractivity contribution in [3.05, 3.63) is 53.6 Å². The van der Waals surface area contributed by atoms with Crippen LogP contribution >= 0.6 is 0 Å². The fraction of sp³-hybridized carbons (Fsp3) is 0.500. The van der Waals surface area contributed by atoms with Gasteiger partial charge in [-0.05, 0) is 99.1 Å². The Morgan fingerprint density at radius 1 is 0.947 bits per heavy atom. The summed E-state index contributed by atoms with van der Waals surface area (Å²) in [7, 11) is 2.96. The van der Waals surface area contributed by atoms with Gasteiger partial charge in [-0.1, -0.05) is 18.2 Å². The lowest BCUT2D eigenvalue weighted by Crippen LogP contribution is -2.41. The average Bonchev–Trinajstić information content (AvgIpc) is 3.42. The van der Waals surface area contributed by atoms with Crippen molar-refractivity contribution in [2.75, 3.05) is 31.4 Å². The molecule has 1 unspecified atom stereocenters. The molecule has 0 bridgehead atoms. The minimum Gasteiger partial charge on any atom is -0.495 e. The molecule has 4 rings (SSSR count). The van der Waals surface area contributed by atoms with Crippen molar-refractivity contribution >= 4 is 29.3 Å². The largest absolute Gasteiger partial charge is 0.495 e. The third kappa shape index (κ3) is 6.85. The van der Waals surface area contributed by atoms with Gasteiger partial charge in [-0.2, -0.15) is 0 Å². The van der Waals surface area contributed by atoms with Gasteiger partial charge in [0.05, 0.1) is 19.9 Å². The zero-order chi connectivity index (χ0) is 27.1. The van der Waals surface area contributed by atoms with Crippen LogP contribution in [-0.4, -0.2) is 49.6 Å². The van der Waals surface area contributed by atoms with Gasteiger partial charge in [-0.15, -0.1) is 0 Å². The predicted octanol–water partition coefficient (Wildman–Crippen LogP) is 5.87. The lowest BCUT2D eigenvalue weighted by atomic mass is 9.77. The van der Waals surface area contributed by atoms with E-state index in [1.54, 1.807) is 12.0 Å². The zero-order valence-electron chi connectivity index (χ0n) is 22.6. The molecular weight excluding hydrogens is 482 g/mol. The Morgan fingerprint density at radius 3 is 2.37 bits per heavy atom. The number of nitrogens with one attached hydrogen (secondary N) is 2. The van der Waals surface area contributed by atoms with Crippen LogP contribution in [-0.2, 0) is 14.3 Å².